The molecule has 0 aliphatic carbocycles. The topological polar surface area (TPSA) is 160 Å². The summed E-state index contributed by atoms with van der Waals surface area (Å²) in [6.45, 7) is 1.18. The number of Topliss-reactive ketones (excluding diaryl/α,β-unsaturated/α-hetero) is 1. The van der Waals surface area contributed by atoms with Crippen molar-refractivity contribution in [1.82, 2.24) is 39.0 Å². The Bertz CT molecular complexity index is 3360. The number of nitrogens with zero attached hydrogens (tertiary/aromatic N) is 8. The third kappa shape index (κ3) is 10.7. The van der Waals surface area contributed by atoms with Gasteiger partial charge in [0.1, 0.15) is 47.2 Å². The molecule has 0 aliphatic heterocycles. The largest absolute Gasteiger partial charge is 0.497 e. The highest BCUT2D eigenvalue weighted by molar-refractivity contribution is 5.96. The van der Waals surface area contributed by atoms with E-state index in [1.807, 2.05) is 143 Å². The van der Waals surface area contributed by atoms with Crippen molar-refractivity contribution in [2.75, 3.05) is 28.4 Å². The summed E-state index contributed by atoms with van der Waals surface area (Å²) < 4.78 is 39.1. The predicted octanol–water partition coefficient (Wildman–Crippen LogP) is 11.5. The van der Waals surface area contributed by atoms with Gasteiger partial charge in [0, 0.05) is 23.3 Å². The van der Waals surface area contributed by atoms with E-state index < -0.39 is 11.8 Å². The van der Waals surface area contributed by atoms with Crippen molar-refractivity contribution in [3.63, 3.8) is 0 Å². The van der Waals surface area contributed by atoms with Crippen LogP contribution in [0, 0.1) is 0 Å². The number of carbonyl (C=O) groups excluding carboxylic acids is 1. The molecule has 10 rings (SSSR count). The number of benzene rings is 6. The van der Waals surface area contributed by atoms with Gasteiger partial charge in [-0.25, -0.2) is 19.9 Å². The Kier molecular flexibility index (Phi) is 14.4. The van der Waals surface area contributed by atoms with Crippen LogP contribution < -0.4 is 28.4 Å². The molecule has 2 unspecified atom stereocenters. The van der Waals surface area contributed by atoms with Crippen LogP contribution in [-0.4, -0.2) is 73.3 Å². The molecule has 0 N–H and O–H groups in total. The average Bonchev–Trinajstić information content (AvgIpc) is 4.07. The zero-order chi connectivity index (χ0) is 50.8. The third-order valence-corrected chi connectivity index (χ3v) is 12.5. The Hall–Kier alpha value is -9.63. The van der Waals surface area contributed by atoms with Crippen LogP contribution in [0.15, 0.2) is 183 Å². The second-order valence-corrected chi connectivity index (χ2v) is 17.1. The van der Waals surface area contributed by atoms with E-state index in [1.54, 1.807) is 53.2 Å². The van der Waals surface area contributed by atoms with Crippen LogP contribution in [0.2, 0.25) is 0 Å². The molecule has 0 fully saturated rings. The second-order valence-electron chi connectivity index (χ2n) is 17.1. The summed E-state index contributed by atoms with van der Waals surface area (Å²) in [6.07, 6.45) is 14.0. The zero-order valence-electron chi connectivity index (χ0n) is 41.0. The number of carbonyl (C=O) groups is 1. The van der Waals surface area contributed by atoms with Crippen molar-refractivity contribution in [1.29, 1.82) is 0 Å². The fourth-order valence-electron chi connectivity index (χ4n) is 8.61. The predicted molar refractivity (Wildman–Crippen MR) is 282 cm³/mol. The van der Waals surface area contributed by atoms with Crippen LogP contribution in [0.3, 0.4) is 0 Å². The van der Waals surface area contributed by atoms with Gasteiger partial charge >= 0.3 is 0 Å². The molecule has 15 heteroatoms. The van der Waals surface area contributed by atoms with E-state index in [0.29, 0.717) is 92.8 Å². The van der Waals surface area contributed by atoms with Crippen LogP contribution in [0.5, 0.6) is 46.3 Å². The lowest BCUT2D eigenvalue weighted by Gasteiger charge is -2.20. The first-order chi connectivity index (χ1) is 36.4. The first-order valence-electron chi connectivity index (χ1n) is 23.7. The number of aromatic nitrogens is 8. The monoisotopic (exact) mass is 982 g/mol. The Labute approximate surface area is 427 Å². The van der Waals surface area contributed by atoms with Gasteiger partial charge in [0.2, 0.25) is 0 Å². The molecule has 368 valence electrons. The molecule has 0 spiro atoms. The number of allylic oxidation sites excluding steroid dienone is 2. The van der Waals surface area contributed by atoms with Crippen LogP contribution in [0.25, 0.3) is 34.5 Å². The summed E-state index contributed by atoms with van der Waals surface area (Å²) in [6, 6.07) is 46.1. The number of hydrogen-bond acceptors (Lipinski definition) is 13. The normalized spacial score (nSPS) is 12.3. The zero-order valence-corrected chi connectivity index (χ0v) is 41.0. The summed E-state index contributed by atoms with van der Waals surface area (Å²) in [7, 11) is 6.40. The molecule has 74 heavy (non-hydrogen) atoms. The third-order valence-electron chi connectivity index (χ3n) is 12.5. The molecular formula is C59H50N8O7. The van der Waals surface area contributed by atoms with Crippen LogP contribution >= 0.6 is 0 Å². The van der Waals surface area contributed by atoms with Gasteiger partial charge in [-0.3, -0.25) is 4.79 Å². The average molecular weight is 983 g/mol. The highest BCUT2D eigenvalue weighted by Gasteiger charge is 2.28. The summed E-state index contributed by atoms with van der Waals surface area (Å²) in [5.74, 6) is 2.38. The maximum absolute atomic E-state index is 15.6. The van der Waals surface area contributed by atoms with E-state index in [1.165, 1.54) is 12.7 Å². The first kappa shape index (κ1) is 48.0. The van der Waals surface area contributed by atoms with Gasteiger partial charge in [-0.05, 0) is 70.8 Å². The molecule has 4 aromatic heterocycles. The van der Waals surface area contributed by atoms with Crippen molar-refractivity contribution in [2.45, 2.75) is 24.9 Å². The van der Waals surface area contributed by atoms with Crippen LogP contribution in [-0.2, 0) is 17.9 Å². The van der Waals surface area contributed by atoms with Crippen molar-refractivity contribution in [2.24, 2.45) is 0 Å². The molecule has 15 nitrogen and oxygen atoms in total. The van der Waals surface area contributed by atoms with Crippen LogP contribution in [0.4, 0.5) is 0 Å². The van der Waals surface area contributed by atoms with Gasteiger partial charge in [0.25, 0.3) is 11.8 Å². The number of ether oxygens (including phenoxy) is 6. The number of imidazole rings is 2. The van der Waals surface area contributed by atoms with Crippen molar-refractivity contribution >= 4 is 40.3 Å². The molecule has 2 atom stereocenters. The molecule has 0 radical (unpaired) electrons. The van der Waals surface area contributed by atoms with E-state index in [0.717, 1.165) is 22.3 Å². The summed E-state index contributed by atoms with van der Waals surface area (Å²) >= 11 is 0. The molecule has 10 aromatic rings. The van der Waals surface area contributed by atoms with Crippen molar-refractivity contribution in [3.8, 4) is 46.3 Å². The van der Waals surface area contributed by atoms with E-state index in [9.17, 15) is 0 Å². The molecule has 4 heterocycles. The van der Waals surface area contributed by atoms with Gasteiger partial charge in [0.15, 0.2) is 28.1 Å². The van der Waals surface area contributed by atoms with Crippen molar-refractivity contribution < 1.29 is 33.2 Å². The standard InChI is InChI=1S/C59H50N8O7/c1-69-47-27-19-43(51(31-47)71-3)21-29-49(41-15-23-45(24-16-41)73-58-53-56(60-35-62-58)66(37-64-53)33-39-11-7-5-8-12-39)55(68)50(30-22-44-20-28-48(70-2)32-52(44)72-4)42-17-25-46(26-18-42)74-59-54-57(61-36-63-59)67(38-65-54)34-40-13-9-6-10-14-40/h5-32,35-38,49-50H,33-34H2,1-4H3/b29-21+,30-22+. The number of hydrogen-bond donors (Lipinski definition) is 0. The first-order valence-corrected chi connectivity index (χ1v) is 23.7. The Balaban J connectivity index is 0.987. The molecule has 0 aliphatic rings. The van der Waals surface area contributed by atoms with Gasteiger partial charge in [-0.15, -0.1) is 0 Å². The lowest BCUT2D eigenvalue weighted by Crippen LogP contribution is -2.18. The Morgan fingerprint density at radius 3 is 1.27 bits per heavy atom. The minimum Gasteiger partial charge on any atom is -0.497 e. The minimum absolute atomic E-state index is 0.122. The van der Waals surface area contributed by atoms with Gasteiger partial charge in [-0.1, -0.05) is 109 Å². The minimum atomic E-state index is -0.779. The number of methoxy groups -OCH3 is 4. The summed E-state index contributed by atoms with van der Waals surface area (Å²) in [5.41, 5.74) is 7.49. The Morgan fingerprint density at radius 1 is 0.473 bits per heavy atom. The fourth-order valence-corrected chi connectivity index (χ4v) is 8.61. The Morgan fingerprint density at radius 2 is 0.878 bits per heavy atom. The van der Waals surface area contributed by atoms with E-state index in [-0.39, 0.29) is 5.78 Å². The number of ketones is 1. The van der Waals surface area contributed by atoms with E-state index in [4.69, 9.17) is 28.4 Å². The summed E-state index contributed by atoms with van der Waals surface area (Å²) in [4.78, 5) is 42.8. The van der Waals surface area contributed by atoms with Gasteiger partial charge in [0.05, 0.1) is 66.0 Å². The van der Waals surface area contributed by atoms with Crippen molar-refractivity contribution in [3.05, 3.63) is 216 Å². The SMILES string of the molecule is COc1ccc(/C=C/C(C(=O)C(/C=C/c2ccc(OC)cc2OC)c2ccc(Oc3ncnc4c3ncn4Cc3ccccc3)cc2)c2ccc(Oc3ncnc4c3ncn4Cc3ccccc3)cc2)c(OC)c1. The number of fused-ring (bicyclic) bond motifs is 2. The molecule has 0 amide bonds. The quantitative estimate of drug-likeness (QED) is 0.0710. The van der Waals surface area contributed by atoms with Gasteiger partial charge in [-0.2, -0.15) is 9.97 Å². The fraction of sp³-hybridized carbons (Fsp3) is 0.136. The van der Waals surface area contributed by atoms with Gasteiger partial charge < -0.3 is 37.6 Å². The molecule has 0 saturated heterocycles. The lowest BCUT2D eigenvalue weighted by molar-refractivity contribution is -0.120. The van der Waals surface area contributed by atoms with Crippen LogP contribution in [0.1, 0.15) is 45.2 Å². The lowest BCUT2D eigenvalue weighted by atomic mass is 9.82. The highest BCUT2D eigenvalue weighted by atomic mass is 16.5. The highest BCUT2D eigenvalue weighted by Crippen LogP contribution is 2.36. The maximum Gasteiger partial charge on any atom is 0.250 e. The van der Waals surface area contributed by atoms with E-state index >= 15 is 4.79 Å². The molecular weight excluding hydrogens is 933 g/mol. The number of rotatable bonds is 20. The molecule has 6 aromatic carbocycles. The smallest absolute Gasteiger partial charge is 0.250 e. The molecule has 0 saturated carbocycles. The summed E-state index contributed by atoms with van der Waals surface area (Å²) in [5, 5.41) is 0. The maximum atomic E-state index is 15.6. The van der Waals surface area contributed by atoms with E-state index in [2.05, 4.69) is 54.2 Å². The second kappa shape index (κ2) is 22.2. The molecule has 0 bridgehead atoms.